The molecule has 0 saturated carbocycles. The van der Waals surface area contributed by atoms with Crippen LogP contribution in [0.4, 0.5) is 14.5 Å². The molecule has 2 aromatic rings. The molecule has 0 unspecified atom stereocenters. The summed E-state index contributed by atoms with van der Waals surface area (Å²) in [6, 6.07) is 9.78. The predicted molar refractivity (Wildman–Crippen MR) is 68.4 cm³/mol. The van der Waals surface area contributed by atoms with Gasteiger partial charge in [-0.05, 0) is 24.3 Å². The van der Waals surface area contributed by atoms with Crippen LogP contribution < -0.4 is 11.1 Å². The topological polar surface area (TPSA) is 55.1 Å². The van der Waals surface area contributed by atoms with Gasteiger partial charge >= 0.3 is 0 Å². The first-order chi connectivity index (χ1) is 9.08. The van der Waals surface area contributed by atoms with Gasteiger partial charge in [-0.3, -0.25) is 4.79 Å². The number of anilines is 1. The third-order valence-electron chi connectivity index (χ3n) is 2.63. The number of nitrogen functional groups attached to an aromatic ring is 1. The van der Waals surface area contributed by atoms with Gasteiger partial charge < -0.3 is 11.1 Å². The molecule has 0 aliphatic rings. The maximum atomic E-state index is 13.4. The molecule has 0 bridgehead atoms. The van der Waals surface area contributed by atoms with Crippen molar-refractivity contribution >= 4 is 11.6 Å². The Bertz CT molecular complexity index is 614. The summed E-state index contributed by atoms with van der Waals surface area (Å²) in [4.78, 5) is 11.8. The number of nitrogens with one attached hydrogen (secondary N) is 1. The van der Waals surface area contributed by atoms with Gasteiger partial charge in [0.1, 0.15) is 11.6 Å². The molecule has 0 saturated heterocycles. The highest BCUT2D eigenvalue weighted by Crippen LogP contribution is 2.12. The average Bonchev–Trinajstić information content (AvgIpc) is 2.40. The van der Waals surface area contributed by atoms with E-state index in [-0.39, 0.29) is 17.8 Å². The molecule has 98 valence electrons. The lowest BCUT2D eigenvalue weighted by molar-refractivity contribution is 0.0946. The number of carbonyl (C=O) groups excluding carboxylic acids is 1. The molecule has 2 aromatic carbocycles. The molecule has 0 radical (unpaired) electrons. The molecule has 0 aliphatic heterocycles. The van der Waals surface area contributed by atoms with E-state index in [9.17, 15) is 13.6 Å². The SMILES string of the molecule is Nc1ccc(F)c(C(=O)NCc2ccccc2F)c1. The fourth-order valence-electron chi connectivity index (χ4n) is 1.63. The minimum absolute atomic E-state index is 0.0141. The molecule has 2 rings (SSSR count). The highest BCUT2D eigenvalue weighted by atomic mass is 19.1. The van der Waals surface area contributed by atoms with Crippen molar-refractivity contribution in [1.82, 2.24) is 5.32 Å². The van der Waals surface area contributed by atoms with Gasteiger partial charge in [0, 0.05) is 17.8 Å². The number of hydrogen-bond donors (Lipinski definition) is 2. The first-order valence-electron chi connectivity index (χ1n) is 5.64. The Morgan fingerprint density at radius 1 is 1.11 bits per heavy atom. The Labute approximate surface area is 109 Å². The molecular weight excluding hydrogens is 250 g/mol. The third kappa shape index (κ3) is 3.07. The fraction of sp³-hybridized carbons (Fsp3) is 0.0714. The molecule has 0 aliphatic carbocycles. The second kappa shape index (κ2) is 5.48. The predicted octanol–water partition coefficient (Wildman–Crippen LogP) is 2.48. The van der Waals surface area contributed by atoms with Crippen molar-refractivity contribution in [3.05, 3.63) is 65.2 Å². The second-order valence-electron chi connectivity index (χ2n) is 4.01. The summed E-state index contributed by atoms with van der Waals surface area (Å²) in [6.07, 6.45) is 0. The van der Waals surface area contributed by atoms with Gasteiger partial charge in [-0.15, -0.1) is 0 Å². The van der Waals surface area contributed by atoms with Gasteiger partial charge in [0.25, 0.3) is 5.91 Å². The number of hydrogen-bond acceptors (Lipinski definition) is 2. The Hall–Kier alpha value is -2.43. The maximum absolute atomic E-state index is 13.4. The lowest BCUT2D eigenvalue weighted by atomic mass is 10.1. The average molecular weight is 262 g/mol. The van der Waals surface area contributed by atoms with Crippen LogP contribution in [-0.2, 0) is 6.54 Å². The van der Waals surface area contributed by atoms with E-state index >= 15 is 0 Å². The van der Waals surface area contributed by atoms with Crippen LogP contribution in [0.2, 0.25) is 0 Å². The van der Waals surface area contributed by atoms with Crippen molar-refractivity contribution in [3.8, 4) is 0 Å². The van der Waals surface area contributed by atoms with Crippen molar-refractivity contribution < 1.29 is 13.6 Å². The van der Waals surface area contributed by atoms with Gasteiger partial charge in [-0.2, -0.15) is 0 Å². The number of nitrogens with two attached hydrogens (primary N) is 1. The molecule has 0 heterocycles. The minimum Gasteiger partial charge on any atom is -0.399 e. The maximum Gasteiger partial charge on any atom is 0.254 e. The van der Waals surface area contributed by atoms with Gasteiger partial charge in [-0.1, -0.05) is 18.2 Å². The van der Waals surface area contributed by atoms with E-state index in [0.29, 0.717) is 5.56 Å². The molecule has 0 atom stereocenters. The van der Waals surface area contributed by atoms with Crippen LogP contribution in [0, 0.1) is 11.6 Å². The van der Waals surface area contributed by atoms with Gasteiger partial charge in [0.2, 0.25) is 0 Å². The van der Waals surface area contributed by atoms with E-state index < -0.39 is 17.5 Å². The lowest BCUT2D eigenvalue weighted by Crippen LogP contribution is -2.24. The summed E-state index contributed by atoms with van der Waals surface area (Å²) in [5.41, 5.74) is 5.96. The van der Waals surface area contributed by atoms with Crippen LogP contribution in [0.25, 0.3) is 0 Å². The first-order valence-corrected chi connectivity index (χ1v) is 5.64. The van der Waals surface area contributed by atoms with Crippen LogP contribution in [0.15, 0.2) is 42.5 Å². The second-order valence-corrected chi connectivity index (χ2v) is 4.01. The van der Waals surface area contributed by atoms with E-state index in [4.69, 9.17) is 5.73 Å². The number of halogens is 2. The number of amides is 1. The summed E-state index contributed by atoms with van der Waals surface area (Å²) in [6.45, 7) is -0.0141. The highest BCUT2D eigenvalue weighted by molar-refractivity contribution is 5.95. The van der Waals surface area contributed by atoms with Crippen molar-refractivity contribution in [2.24, 2.45) is 0 Å². The zero-order valence-corrected chi connectivity index (χ0v) is 9.99. The van der Waals surface area contributed by atoms with Crippen molar-refractivity contribution in [1.29, 1.82) is 0 Å². The zero-order chi connectivity index (χ0) is 13.8. The molecule has 0 fully saturated rings. The van der Waals surface area contributed by atoms with Crippen LogP contribution in [0.3, 0.4) is 0 Å². The van der Waals surface area contributed by atoms with E-state index in [0.717, 1.165) is 6.07 Å². The smallest absolute Gasteiger partial charge is 0.254 e. The summed E-state index contributed by atoms with van der Waals surface area (Å²) in [5.74, 6) is -1.72. The summed E-state index contributed by atoms with van der Waals surface area (Å²) in [7, 11) is 0. The molecule has 1 amide bonds. The van der Waals surface area contributed by atoms with Crippen LogP contribution in [0.1, 0.15) is 15.9 Å². The summed E-state index contributed by atoms with van der Waals surface area (Å²) < 4.78 is 26.8. The molecule has 0 aromatic heterocycles. The van der Waals surface area contributed by atoms with Gasteiger partial charge in [0.05, 0.1) is 5.56 Å². The zero-order valence-electron chi connectivity index (χ0n) is 9.99. The Morgan fingerprint density at radius 2 is 1.84 bits per heavy atom. The molecule has 3 nitrogen and oxygen atoms in total. The van der Waals surface area contributed by atoms with Crippen molar-refractivity contribution in [2.75, 3.05) is 5.73 Å². The number of rotatable bonds is 3. The van der Waals surface area contributed by atoms with Gasteiger partial charge in [-0.25, -0.2) is 8.78 Å². The fourth-order valence-corrected chi connectivity index (χ4v) is 1.63. The Balaban J connectivity index is 2.10. The van der Waals surface area contributed by atoms with E-state index in [1.54, 1.807) is 18.2 Å². The van der Waals surface area contributed by atoms with Crippen LogP contribution in [0.5, 0.6) is 0 Å². The number of carbonyl (C=O) groups is 1. The van der Waals surface area contributed by atoms with E-state index in [1.165, 1.54) is 18.2 Å². The van der Waals surface area contributed by atoms with Crippen molar-refractivity contribution in [3.63, 3.8) is 0 Å². The van der Waals surface area contributed by atoms with E-state index in [1.807, 2.05) is 0 Å². The van der Waals surface area contributed by atoms with Crippen LogP contribution in [-0.4, -0.2) is 5.91 Å². The standard InChI is InChI=1S/C14H12F2N2O/c15-12-4-2-1-3-9(12)8-18-14(19)11-7-10(17)5-6-13(11)16/h1-7H,8,17H2,(H,18,19). The van der Waals surface area contributed by atoms with Gasteiger partial charge in [0.15, 0.2) is 0 Å². The molecular formula is C14H12F2N2O. The molecule has 3 N–H and O–H groups in total. The van der Waals surface area contributed by atoms with E-state index in [2.05, 4.69) is 5.32 Å². The largest absolute Gasteiger partial charge is 0.399 e. The summed E-state index contributed by atoms with van der Waals surface area (Å²) >= 11 is 0. The minimum atomic E-state index is -0.666. The normalized spacial score (nSPS) is 10.2. The van der Waals surface area contributed by atoms with Crippen LogP contribution >= 0.6 is 0 Å². The monoisotopic (exact) mass is 262 g/mol. The summed E-state index contributed by atoms with van der Waals surface area (Å²) in [5, 5.41) is 2.45. The Morgan fingerprint density at radius 3 is 2.58 bits per heavy atom. The number of benzene rings is 2. The quantitative estimate of drug-likeness (QED) is 0.835. The lowest BCUT2D eigenvalue weighted by Gasteiger charge is -2.07. The third-order valence-corrected chi connectivity index (χ3v) is 2.63. The highest BCUT2D eigenvalue weighted by Gasteiger charge is 2.12. The first kappa shape index (κ1) is 13.0. The molecule has 5 heteroatoms. The Kier molecular flexibility index (Phi) is 3.75. The van der Waals surface area contributed by atoms with Crippen molar-refractivity contribution in [2.45, 2.75) is 6.54 Å². The molecule has 19 heavy (non-hydrogen) atoms. The molecule has 0 spiro atoms.